The van der Waals surface area contributed by atoms with Crippen LogP contribution in [0.5, 0.6) is 0 Å². The third-order valence-electron chi connectivity index (χ3n) is 2.92. The highest BCUT2D eigenvalue weighted by atomic mass is 35.5. The Kier molecular flexibility index (Phi) is 5.15. The zero-order valence-corrected chi connectivity index (χ0v) is 12.0. The SMILES string of the molecule is Cc1noc(C)c1S(=O)(=O)NCC1CCCN1.Cl. The van der Waals surface area contributed by atoms with E-state index in [-0.39, 0.29) is 23.3 Å². The van der Waals surface area contributed by atoms with E-state index < -0.39 is 10.0 Å². The summed E-state index contributed by atoms with van der Waals surface area (Å²) in [6.07, 6.45) is 2.10. The van der Waals surface area contributed by atoms with E-state index in [1.807, 2.05) is 0 Å². The van der Waals surface area contributed by atoms with E-state index in [1.54, 1.807) is 13.8 Å². The first-order chi connectivity index (χ1) is 8.00. The Morgan fingerprint density at radius 1 is 1.50 bits per heavy atom. The predicted molar refractivity (Wildman–Crippen MR) is 69.4 cm³/mol. The normalized spacial score (nSPS) is 19.8. The van der Waals surface area contributed by atoms with Gasteiger partial charge >= 0.3 is 0 Å². The number of hydrogen-bond acceptors (Lipinski definition) is 5. The van der Waals surface area contributed by atoms with Gasteiger partial charge in [0.1, 0.15) is 10.6 Å². The van der Waals surface area contributed by atoms with Gasteiger partial charge in [0, 0.05) is 12.6 Å². The fourth-order valence-electron chi connectivity index (χ4n) is 2.07. The third kappa shape index (κ3) is 3.23. The summed E-state index contributed by atoms with van der Waals surface area (Å²) in [5.74, 6) is 0.328. The van der Waals surface area contributed by atoms with Crippen molar-refractivity contribution >= 4 is 22.4 Å². The molecule has 1 saturated heterocycles. The van der Waals surface area contributed by atoms with Gasteiger partial charge < -0.3 is 9.84 Å². The van der Waals surface area contributed by atoms with E-state index in [0.717, 1.165) is 19.4 Å². The maximum atomic E-state index is 12.1. The lowest BCUT2D eigenvalue weighted by Crippen LogP contribution is -2.37. The van der Waals surface area contributed by atoms with Gasteiger partial charge in [0.05, 0.1) is 0 Å². The predicted octanol–water partition coefficient (Wildman–Crippen LogP) is 0.744. The molecule has 0 bridgehead atoms. The molecule has 0 aromatic carbocycles. The van der Waals surface area contributed by atoms with Crippen LogP contribution in [0.1, 0.15) is 24.3 Å². The average Bonchev–Trinajstić information content (AvgIpc) is 2.86. The third-order valence-corrected chi connectivity index (χ3v) is 4.59. The molecule has 0 aliphatic carbocycles. The number of hydrogen-bond donors (Lipinski definition) is 2. The summed E-state index contributed by atoms with van der Waals surface area (Å²) < 4.78 is 31.6. The Hall–Kier alpha value is -0.630. The van der Waals surface area contributed by atoms with Crippen LogP contribution in [0.15, 0.2) is 9.42 Å². The zero-order chi connectivity index (χ0) is 12.5. The van der Waals surface area contributed by atoms with Crippen molar-refractivity contribution < 1.29 is 12.9 Å². The summed E-state index contributed by atoms with van der Waals surface area (Å²) in [6.45, 7) is 4.59. The molecule has 2 N–H and O–H groups in total. The topological polar surface area (TPSA) is 84.2 Å². The van der Waals surface area contributed by atoms with Crippen LogP contribution in [-0.4, -0.2) is 32.7 Å². The smallest absolute Gasteiger partial charge is 0.246 e. The number of nitrogens with zero attached hydrogens (tertiary/aromatic N) is 1. The number of halogens is 1. The van der Waals surface area contributed by atoms with E-state index in [0.29, 0.717) is 18.0 Å². The fourth-order valence-corrected chi connectivity index (χ4v) is 3.48. The Labute approximate surface area is 113 Å². The lowest BCUT2D eigenvalue weighted by atomic mass is 10.2. The van der Waals surface area contributed by atoms with Gasteiger partial charge in [0.15, 0.2) is 5.76 Å². The fraction of sp³-hybridized carbons (Fsp3) is 0.700. The van der Waals surface area contributed by atoms with Crippen molar-refractivity contribution in [3.05, 3.63) is 11.5 Å². The summed E-state index contributed by atoms with van der Waals surface area (Å²) in [4.78, 5) is 0.162. The highest BCUT2D eigenvalue weighted by Crippen LogP contribution is 2.18. The van der Waals surface area contributed by atoms with Gasteiger partial charge in [-0.3, -0.25) is 0 Å². The van der Waals surface area contributed by atoms with Gasteiger partial charge in [-0.2, -0.15) is 0 Å². The van der Waals surface area contributed by atoms with Crippen LogP contribution in [0.2, 0.25) is 0 Å². The summed E-state index contributed by atoms with van der Waals surface area (Å²) in [6, 6.07) is 0.227. The molecule has 1 aromatic heterocycles. The molecular formula is C10H18ClN3O3S. The van der Waals surface area contributed by atoms with Crippen molar-refractivity contribution in [1.29, 1.82) is 0 Å². The Balaban J connectivity index is 0.00000162. The Morgan fingerprint density at radius 2 is 2.22 bits per heavy atom. The lowest BCUT2D eigenvalue weighted by Gasteiger charge is -2.11. The molecule has 2 rings (SSSR count). The van der Waals surface area contributed by atoms with Crippen LogP contribution < -0.4 is 10.0 Å². The number of aromatic nitrogens is 1. The number of aryl methyl sites for hydroxylation is 2. The second kappa shape index (κ2) is 6.01. The second-order valence-electron chi connectivity index (χ2n) is 4.30. The Morgan fingerprint density at radius 3 is 2.72 bits per heavy atom. The first kappa shape index (κ1) is 15.4. The molecule has 6 nitrogen and oxygen atoms in total. The molecular weight excluding hydrogens is 278 g/mol. The molecule has 0 radical (unpaired) electrons. The highest BCUT2D eigenvalue weighted by Gasteiger charge is 2.25. The van der Waals surface area contributed by atoms with Gasteiger partial charge in [-0.1, -0.05) is 5.16 Å². The van der Waals surface area contributed by atoms with E-state index >= 15 is 0 Å². The summed E-state index contributed by atoms with van der Waals surface area (Å²) in [5.41, 5.74) is 0.398. The molecule has 18 heavy (non-hydrogen) atoms. The van der Waals surface area contributed by atoms with Gasteiger partial charge in [0.25, 0.3) is 0 Å². The van der Waals surface area contributed by atoms with Gasteiger partial charge in [-0.05, 0) is 33.2 Å². The quantitative estimate of drug-likeness (QED) is 0.856. The van der Waals surface area contributed by atoms with Crippen LogP contribution in [0, 0.1) is 13.8 Å². The maximum Gasteiger partial charge on any atom is 0.246 e. The molecule has 0 spiro atoms. The van der Waals surface area contributed by atoms with Crippen molar-refractivity contribution in [2.45, 2.75) is 37.6 Å². The molecule has 1 fully saturated rings. The van der Waals surface area contributed by atoms with E-state index in [9.17, 15) is 8.42 Å². The first-order valence-electron chi connectivity index (χ1n) is 5.66. The Bertz CT molecular complexity index is 475. The average molecular weight is 296 g/mol. The van der Waals surface area contributed by atoms with Crippen molar-refractivity contribution in [3.8, 4) is 0 Å². The van der Waals surface area contributed by atoms with E-state index in [4.69, 9.17) is 4.52 Å². The summed E-state index contributed by atoms with van der Waals surface area (Å²) >= 11 is 0. The monoisotopic (exact) mass is 295 g/mol. The second-order valence-corrected chi connectivity index (χ2v) is 6.00. The first-order valence-corrected chi connectivity index (χ1v) is 7.15. The molecule has 8 heteroatoms. The summed E-state index contributed by atoms with van der Waals surface area (Å²) in [7, 11) is -3.51. The molecule has 1 unspecified atom stereocenters. The van der Waals surface area contributed by atoms with Crippen molar-refractivity contribution in [2.24, 2.45) is 0 Å². The van der Waals surface area contributed by atoms with Crippen molar-refractivity contribution in [1.82, 2.24) is 15.2 Å². The minimum absolute atomic E-state index is 0. The molecule has 104 valence electrons. The zero-order valence-electron chi connectivity index (χ0n) is 10.4. The number of rotatable bonds is 4. The van der Waals surface area contributed by atoms with Gasteiger partial charge in [-0.25, -0.2) is 13.1 Å². The van der Waals surface area contributed by atoms with Crippen molar-refractivity contribution in [2.75, 3.05) is 13.1 Å². The largest absolute Gasteiger partial charge is 0.360 e. The molecule has 0 amide bonds. The summed E-state index contributed by atoms with van der Waals surface area (Å²) in [5, 5.41) is 6.89. The minimum atomic E-state index is -3.51. The molecule has 1 aliphatic rings. The molecule has 0 saturated carbocycles. The van der Waals surface area contributed by atoms with Gasteiger partial charge in [0.2, 0.25) is 10.0 Å². The molecule has 1 atom stereocenters. The highest BCUT2D eigenvalue weighted by molar-refractivity contribution is 7.89. The van der Waals surface area contributed by atoms with Crippen LogP contribution in [0.25, 0.3) is 0 Å². The molecule has 1 aliphatic heterocycles. The van der Waals surface area contributed by atoms with Gasteiger partial charge in [-0.15, -0.1) is 12.4 Å². The van der Waals surface area contributed by atoms with E-state index in [1.165, 1.54) is 0 Å². The maximum absolute atomic E-state index is 12.1. The minimum Gasteiger partial charge on any atom is -0.360 e. The molecule has 2 heterocycles. The number of nitrogens with one attached hydrogen (secondary N) is 2. The van der Waals surface area contributed by atoms with E-state index in [2.05, 4.69) is 15.2 Å². The molecule has 1 aromatic rings. The van der Waals surface area contributed by atoms with Crippen molar-refractivity contribution in [3.63, 3.8) is 0 Å². The lowest BCUT2D eigenvalue weighted by molar-refractivity contribution is 0.390. The standard InChI is InChI=1S/C10H17N3O3S.ClH/c1-7-10(8(2)16-13-7)17(14,15)12-6-9-4-3-5-11-9;/h9,11-12H,3-6H2,1-2H3;1H. The van der Waals surface area contributed by atoms with Crippen LogP contribution >= 0.6 is 12.4 Å². The van der Waals surface area contributed by atoms with Crippen LogP contribution in [0.3, 0.4) is 0 Å². The van der Waals surface area contributed by atoms with Crippen LogP contribution in [-0.2, 0) is 10.0 Å². The number of sulfonamides is 1. The van der Waals surface area contributed by atoms with Crippen LogP contribution in [0.4, 0.5) is 0 Å².